The Balaban J connectivity index is 2.34. The first-order valence-electron chi connectivity index (χ1n) is 4.53. The van der Waals surface area contributed by atoms with E-state index in [-0.39, 0.29) is 5.69 Å². The quantitative estimate of drug-likeness (QED) is 0.592. The minimum Gasteiger partial charge on any atom is -0.258 e. The number of nitrogens with zero attached hydrogens (tertiary/aromatic N) is 2. The summed E-state index contributed by atoms with van der Waals surface area (Å²) in [5.41, 5.74) is 1.62. The normalized spacial score (nSPS) is 10.1. The first kappa shape index (κ1) is 10.6. The van der Waals surface area contributed by atoms with Gasteiger partial charge in [-0.3, -0.25) is 15.1 Å². The lowest BCUT2D eigenvalue weighted by atomic mass is 10.1. The highest BCUT2D eigenvalue weighted by atomic mass is 35.5. The standard InChI is InChI=1S/C11H7ClN2O2/c12-9-3-6-11(13-7-9)8-1-4-10(5-2-8)14(15)16/h1-7H. The van der Waals surface area contributed by atoms with E-state index in [0.29, 0.717) is 5.02 Å². The fourth-order valence-electron chi connectivity index (χ4n) is 1.30. The van der Waals surface area contributed by atoms with E-state index < -0.39 is 4.92 Å². The highest BCUT2D eigenvalue weighted by Crippen LogP contribution is 2.21. The molecule has 0 atom stereocenters. The molecule has 16 heavy (non-hydrogen) atoms. The van der Waals surface area contributed by atoms with Gasteiger partial charge in [0.2, 0.25) is 0 Å². The van der Waals surface area contributed by atoms with Gasteiger partial charge in [0.05, 0.1) is 15.6 Å². The summed E-state index contributed by atoms with van der Waals surface area (Å²) in [6, 6.07) is 9.72. The van der Waals surface area contributed by atoms with Crippen LogP contribution in [-0.2, 0) is 0 Å². The number of benzene rings is 1. The Hall–Kier alpha value is -1.94. The van der Waals surface area contributed by atoms with Crippen molar-refractivity contribution in [2.45, 2.75) is 0 Å². The van der Waals surface area contributed by atoms with E-state index in [0.717, 1.165) is 11.3 Å². The maximum absolute atomic E-state index is 10.5. The molecule has 4 nitrogen and oxygen atoms in total. The van der Waals surface area contributed by atoms with Crippen molar-refractivity contribution in [3.05, 3.63) is 57.7 Å². The summed E-state index contributed by atoms with van der Waals surface area (Å²) >= 11 is 5.71. The molecule has 0 spiro atoms. The molecule has 0 saturated heterocycles. The number of aromatic nitrogens is 1. The smallest absolute Gasteiger partial charge is 0.258 e. The van der Waals surface area contributed by atoms with Crippen molar-refractivity contribution < 1.29 is 4.92 Å². The molecule has 0 saturated carbocycles. The molecule has 0 amide bonds. The summed E-state index contributed by atoms with van der Waals surface area (Å²) in [4.78, 5) is 14.2. The monoisotopic (exact) mass is 234 g/mol. The van der Waals surface area contributed by atoms with Crippen LogP contribution in [0.3, 0.4) is 0 Å². The minimum atomic E-state index is -0.431. The molecule has 0 aliphatic heterocycles. The molecule has 2 rings (SSSR count). The molecule has 0 aliphatic carbocycles. The van der Waals surface area contributed by atoms with Gasteiger partial charge >= 0.3 is 0 Å². The molecule has 1 aromatic carbocycles. The van der Waals surface area contributed by atoms with Crippen molar-refractivity contribution in [3.8, 4) is 11.3 Å². The number of halogens is 1. The van der Waals surface area contributed by atoms with E-state index in [2.05, 4.69) is 4.98 Å². The second-order valence-corrected chi connectivity index (χ2v) is 3.60. The number of nitro benzene ring substituents is 1. The Morgan fingerprint density at radius 3 is 2.31 bits per heavy atom. The third-order valence-corrected chi connectivity index (χ3v) is 2.32. The molecule has 2 aromatic rings. The van der Waals surface area contributed by atoms with Gasteiger partial charge in [-0.1, -0.05) is 11.6 Å². The summed E-state index contributed by atoms with van der Waals surface area (Å²) in [5, 5.41) is 11.0. The maximum atomic E-state index is 10.5. The molecule has 0 N–H and O–H groups in total. The van der Waals surface area contributed by atoms with Gasteiger partial charge in [0.15, 0.2) is 0 Å². The van der Waals surface area contributed by atoms with Gasteiger partial charge in [-0.05, 0) is 24.3 Å². The topological polar surface area (TPSA) is 56.0 Å². The van der Waals surface area contributed by atoms with Gasteiger partial charge in [0, 0.05) is 23.9 Å². The maximum Gasteiger partial charge on any atom is 0.269 e. The van der Waals surface area contributed by atoms with Crippen LogP contribution in [0.25, 0.3) is 11.3 Å². The number of rotatable bonds is 2. The van der Waals surface area contributed by atoms with E-state index >= 15 is 0 Å². The van der Waals surface area contributed by atoms with E-state index in [9.17, 15) is 10.1 Å². The van der Waals surface area contributed by atoms with Gasteiger partial charge in [-0.25, -0.2) is 0 Å². The second kappa shape index (κ2) is 4.28. The van der Waals surface area contributed by atoms with Crippen molar-refractivity contribution >= 4 is 17.3 Å². The lowest BCUT2D eigenvalue weighted by Crippen LogP contribution is -1.88. The summed E-state index contributed by atoms with van der Waals surface area (Å²) in [6.07, 6.45) is 1.54. The van der Waals surface area contributed by atoms with Crippen molar-refractivity contribution in [3.63, 3.8) is 0 Å². The Kier molecular flexibility index (Phi) is 2.83. The van der Waals surface area contributed by atoms with Crippen LogP contribution >= 0.6 is 11.6 Å². The molecule has 5 heteroatoms. The highest BCUT2D eigenvalue weighted by molar-refractivity contribution is 6.30. The fourth-order valence-corrected chi connectivity index (χ4v) is 1.41. The number of hydrogen-bond acceptors (Lipinski definition) is 3. The molecule has 1 aromatic heterocycles. The average molecular weight is 235 g/mol. The van der Waals surface area contributed by atoms with Gasteiger partial charge in [-0.2, -0.15) is 0 Å². The third kappa shape index (κ3) is 2.17. The Morgan fingerprint density at radius 2 is 1.81 bits per heavy atom. The molecule has 0 radical (unpaired) electrons. The predicted molar refractivity (Wildman–Crippen MR) is 61.3 cm³/mol. The van der Waals surface area contributed by atoms with E-state index in [1.807, 2.05) is 0 Å². The van der Waals surface area contributed by atoms with Crippen molar-refractivity contribution in [2.24, 2.45) is 0 Å². The molecule has 0 fully saturated rings. The summed E-state index contributed by atoms with van der Waals surface area (Å²) in [6.45, 7) is 0. The Morgan fingerprint density at radius 1 is 1.12 bits per heavy atom. The van der Waals surface area contributed by atoms with E-state index in [4.69, 9.17) is 11.6 Å². The predicted octanol–water partition coefficient (Wildman–Crippen LogP) is 3.31. The zero-order chi connectivity index (χ0) is 11.5. The van der Waals surface area contributed by atoms with Crippen LogP contribution in [0, 0.1) is 10.1 Å². The van der Waals surface area contributed by atoms with Gasteiger partial charge in [0.25, 0.3) is 5.69 Å². The summed E-state index contributed by atoms with van der Waals surface area (Å²) < 4.78 is 0. The second-order valence-electron chi connectivity index (χ2n) is 3.17. The van der Waals surface area contributed by atoms with Crippen LogP contribution in [0.2, 0.25) is 5.02 Å². The number of pyridine rings is 1. The molecule has 0 aliphatic rings. The molecule has 1 heterocycles. The Bertz CT molecular complexity index is 509. The zero-order valence-corrected chi connectivity index (χ0v) is 8.89. The first-order valence-corrected chi connectivity index (χ1v) is 4.91. The molecular weight excluding hydrogens is 228 g/mol. The van der Waals surface area contributed by atoms with Crippen LogP contribution in [0.4, 0.5) is 5.69 Å². The lowest BCUT2D eigenvalue weighted by molar-refractivity contribution is -0.384. The van der Waals surface area contributed by atoms with Gasteiger partial charge in [0.1, 0.15) is 0 Å². The molecule has 80 valence electrons. The van der Waals surface area contributed by atoms with Gasteiger partial charge < -0.3 is 0 Å². The lowest BCUT2D eigenvalue weighted by Gasteiger charge is -1.99. The summed E-state index contributed by atoms with van der Waals surface area (Å²) in [5.74, 6) is 0. The molecule has 0 unspecified atom stereocenters. The van der Waals surface area contributed by atoms with Crippen molar-refractivity contribution in [1.29, 1.82) is 0 Å². The average Bonchev–Trinajstić information content (AvgIpc) is 2.30. The summed E-state index contributed by atoms with van der Waals surface area (Å²) in [7, 11) is 0. The zero-order valence-electron chi connectivity index (χ0n) is 8.13. The number of non-ortho nitro benzene ring substituents is 1. The first-order chi connectivity index (χ1) is 7.66. The third-order valence-electron chi connectivity index (χ3n) is 2.10. The Labute approximate surface area is 96.7 Å². The highest BCUT2D eigenvalue weighted by Gasteiger charge is 2.05. The fraction of sp³-hybridized carbons (Fsp3) is 0. The SMILES string of the molecule is O=[N+]([O-])c1ccc(-c2ccc(Cl)cn2)cc1. The number of nitro groups is 1. The van der Waals surface area contributed by atoms with E-state index in [1.165, 1.54) is 18.3 Å². The van der Waals surface area contributed by atoms with Crippen LogP contribution in [0.1, 0.15) is 0 Å². The number of hydrogen-bond donors (Lipinski definition) is 0. The minimum absolute atomic E-state index is 0.0673. The molecule has 0 bridgehead atoms. The molecular formula is C11H7ClN2O2. The van der Waals surface area contributed by atoms with Crippen LogP contribution in [0.5, 0.6) is 0 Å². The van der Waals surface area contributed by atoms with Crippen LogP contribution in [-0.4, -0.2) is 9.91 Å². The van der Waals surface area contributed by atoms with Crippen LogP contribution < -0.4 is 0 Å². The van der Waals surface area contributed by atoms with E-state index in [1.54, 1.807) is 24.3 Å². The van der Waals surface area contributed by atoms with Crippen molar-refractivity contribution in [2.75, 3.05) is 0 Å². The van der Waals surface area contributed by atoms with Gasteiger partial charge in [-0.15, -0.1) is 0 Å². The van der Waals surface area contributed by atoms with Crippen LogP contribution in [0.15, 0.2) is 42.6 Å². The largest absolute Gasteiger partial charge is 0.269 e. The van der Waals surface area contributed by atoms with Crippen molar-refractivity contribution in [1.82, 2.24) is 4.98 Å².